The molecular weight excluding hydrogens is 256 g/mol. The summed E-state index contributed by atoms with van der Waals surface area (Å²) in [5.74, 6) is -0.328. The van der Waals surface area contributed by atoms with Crippen LogP contribution in [-0.4, -0.2) is 30.2 Å². The standard InChI is InChI=1S/C14H18N4O2/c1-9(19)18(12-3-2-8-17-14(12)20)11-6-4-10(5-7-11)13(15)16/h4-7,12H,2-3,8H2,1H3,(H3,15,16)(H,17,20). The van der Waals surface area contributed by atoms with Crippen LogP contribution < -0.4 is 16.0 Å². The number of rotatable bonds is 3. The number of anilines is 1. The molecule has 0 spiro atoms. The molecule has 1 unspecified atom stereocenters. The van der Waals surface area contributed by atoms with Gasteiger partial charge in [-0.05, 0) is 37.1 Å². The highest BCUT2D eigenvalue weighted by atomic mass is 16.2. The smallest absolute Gasteiger partial charge is 0.243 e. The first kappa shape index (κ1) is 14.0. The fraction of sp³-hybridized carbons (Fsp3) is 0.357. The number of nitrogens with zero attached hydrogens (tertiary/aromatic N) is 1. The van der Waals surface area contributed by atoms with Crippen molar-refractivity contribution >= 4 is 23.3 Å². The number of benzene rings is 1. The minimum absolute atomic E-state index is 0.0265. The van der Waals surface area contributed by atoms with Crippen LogP contribution in [-0.2, 0) is 9.59 Å². The fourth-order valence-electron chi connectivity index (χ4n) is 2.39. The van der Waals surface area contributed by atoms with Gasteiger partial charge in [-0.1, -0.05) is 0 Å². The first-order chi connectivity index (χ1) is 9.50. The Bertz CT molecular complexity index is 539. The zero-order chi connectivity index (χ0) is 14.7. The van der Waals surface area contributed by atoms with Gasteiger partial charge in [0.2, 0.25) is 11.8 Å². The second kappa shape index (κ2) is 5.73. The van der Waals surface area contributed by atoms with Crippen molar-refractivity contribution in [2.45, 2.75) is 25.8 Å². The molecule has 1 heterocycles. The van der Waals surface area contributed by atoms with Crippen molar-refractivity contribution < 1.29 is 9.59 Å². The molecule has 20 heavy (non-hydrogen) atoms. The number of nitrogens with two attached hydrogens (primary N) is 1. The van der Waals surface area contributed by atoms with E-state index in [0.717, 1.165) is 6.42 Å². The summed E-state index contributed by atoms with van der Waals surface area (Å²) < 4.78 is 0. The zero-order valence-electron chi connectivity index (χ0n) is 11.3. The van der Waals surface area contributed by atoms with Gasteiger partial charge in [0.05, 0.1) is 0 Å². The Morgan fingerprint density at radius 2 is 2.05 bits per heavy atom. The molecule has 2 rings (SSSR count). The largest absolute Gasteiger partial charge is 0.384 e. The highest BCUT2D eigenvalue weighted by molar-refractivity contribution is 6.00. The number of amidine groups is 1. The number of hydrogen-bond donors (Lipinski definition) is 3. The summed E-state index contributed by atoms with van der Waals surface area (Å²) in [7, 11) is 0. The molecule has 1 saturated heterocycles. The molecule has 1 aromatic carbocycles. The number of carbonyl (C=O) groups excluding carboxylic acids is 2. The molecule has 0 saturated carbocycles. The number of hydrogen-bond acceptors (Lipinski definition) is 3. The van der Waals surface area contributed by atoms with E-state index < -0.39 is 6.04 Å². The van der Waals surface area contributed by atoms with Crippen LogP contribution in [0, 0.1) is 5.41 Å². The predicted octanol–water partition coefficient (Wildman–Crippen LogP) is 0.602. The van der Waals surface area contributed by atoms with Gasteiger partial charge in [0.15, 0.2) is 0 Å². The van der Waals surface area contributed by atoms with Crippen molar-refractivity contribution in [1.29, 1.82) is 5.41 Å². The lowest BCUT2D eigenvalue weighted by Crippen LogP contribution is -2.52. The Kier molecular flexibility index (Phi) is 4.02. The fourth-order valence-corrected chi connectivity index (χ4v) is 2.39. The average molecular weight is 274 g/mol. The van der Waals surface area contributed by atoms with E-state index in [1.807, 2.05) is 0 Å². The van der Waals surface area contributed by atoms with Crippen molar-refractivity contribution in [3.05, 3.63) is 29.8 Å². The van der Waals surface area contributed by atoms with Crippen LogP contribution in [0.2, 0.25) is 0 Å². The van der Waals surface area contributed by atoms with Crippen LogP contribution in [0.25, 0.3) is 0 Å². The normalized spacial score (nSPS) is 18.2. The van der Waals surface area contributed by atoms with Crippen molar-refractivity contribution in [1.82, 2.24) is 5.32 Å². The molecule has 1 aliphatic rings. The lowest BCUT2D eigenvalue weighted by Gasteiger charge is -2.32. The second-order valence-corrected chi connectivity index (χ2v) is 4.80. The Hall–Kier alpha value is -2.37. The van der Waals surface area contributed by atoms with Crippen molar-refractivity contribution in [3.8, 4) is 0 Å². The predicted molar refractivity (Wildman–Crippen MR) is 76.6 cm³/mol. The summed E-state index contributed by atoms with van der Waals surface area (Å²) in [5, 5.41) is 10.1. The van der Waals surface area contributed by atoms with Gasteiger partial charge in [0, 0.05) is 24.7 Å². The highest BCUT2D eigenvalue weighted by Crippen LogP contribution is 2.22. The summed E-state index contributed by atoms with van der Waals surface area (Å²) in [5.41, 5.74) is 6.63. The Labute approximate surface area is 117 Å². The molecule has 0 aliphatic carbocycles. The molecule has 0 aromatic heterocycles. The van der Waals surface area contributed by atoms with Gasteiger partial charge in [-0.25, -0.2) is 0 Å². The van der Waals surface area contributed by atoms with Crippen LogP contribution in [0.5, 0.6) is 0 Å². The molecule has 6 nitrogen and oxygen atoms in total. The van der Waals surface area contributed by atoms with E-state index in [0.29, 0.717) is 24.2 Å². The zero-order valence-corrected chi connectivity index (χ0v) is 11.3. The minimum Gasteiger partial charge on any atom is -0.384 e. The van der Waals surface area contributed by atoms with Gasteiger partial charge in [-0.2, -0.15) is 0 Å². The summed E-state index contributed by atoms with van der Waals surface area (Å²) in [6.07, 6.45) is 1.51. The third-order valence-electron chi connectivity index (χ3n) is 3.36. The Balaban J connectivity index is 2.30. The van der Waals surface area contributed by atoms with Crippen molar-refractivity contribution in [3.63, 3.8) is 0 Å². The average Bonchev–Trinajstić information content (AvgIpc) is 2.41. The number of nitrogens with one attached hydrogen (secondary N) is 2. The molecular formula is C14H18N4O2. The Morgan fingerprint density at radius 3 is 2.55 bits per heavy atom. The van der Waals surface area contributed by atoms with Crippen molar-refractivity contribution in [2.24, 2.45) is 5.73 Å². The topological polar surface area (TPSA) is 99.3 Å². The summed E-state index contributed by atoms with van der Waals surface area (Å²) in [6.45, 7) is 2.10. The van der Waals surface area contributed by atoms with Crippen molar-refractivity contribution in [2.75, 3.05) is 11.4 Å². The third kappa shape index (κ3) is 2.79. The van der Waals surface area contributed by atoms with Gasteiger partial charge in [-0.3, -0.25) is 15.0 Å². The molecule has 1 aliphatic heterocycles. The highest BCUT2D eigenvalue weighted by Gasteiger charge is 2.31. The molecule has 0 radical (unpaired) electrons. The number of carbonyl (C=O) groups is 2. The van der Waals surface area contributed by atoms with Crippen LogP contribution in [0.4, 0.5) is 5.69 Å². The molecule has 0 bridgehead atoms. The van der Waals surface area contributed by atoms with E-state index in [-0.39, 0.29) is 17.6 Å². The van der Waals surface area contributed by atoms with E-state index in [1.54, 1.807) is 24.3 Å². The minimum atomic E-state index is -0.468. The van der Waals surface area contributed by atoms with E-state index in [1.165, 1.54) is 11.8 Å². The third-order valence-corrected chi connectivity index (χ3v) is 3.36. The summed E-state index contributed by atoms with van der Waals surface area (Å²) >= 11 is 0. The molecule has 106 valence electrons. The maximum absolute atomic E-state index is 11.9. The number of nitrogen functional groups attached to an aromatic ring is 1. The lowest BCUT2D eigenvalue weighted by molar-refractivity contribution is -0.127. The summed E-state index contributed by atoms with van der Waals surface area (Å²) in [6, 6.07) is 6.30. The van der Waals surface area contributed by atoms with Gasteiger partial charge in [0.1, 0.15) is 11.9 Å². The van der Waals surface area contributed by atoms with Crippen LogP contribution in [0.1, 0.15) is 25.3 Å². The maximum atomic E-state index is 11.9. The molecule has 1 atom stereocenters. The lowest BCUT2D eigenvalue weighted by atomic mass is 10.0. The van der Waals surface area contributed by atoms with Gasteiger partial charge >= 0.3 is 0 Å². The van der Waals surface area contributed by atoms with E-state index in [4.69, 9.17) is 11.1 Å². The first-order valence-electron chi connectivity index (χ1n) is 6.52. The van der Waals surface area contributed by atoms with E-state index >= 15 is 0 Å². The van der Waals surface area contributed by atoms with Gasteiger partial charge in [-0.15, -0.1) is 0 Å². The van der Waals surface area contributed by atoms with Crippen LogP contribution in [0.15, 0.2) is 24.3 Å². The summed E-state index contributed by atoms with van der Waals surface area (Å²) in [4.78, 5) is 25.3. The monoisotopic (exact) mass is 274 g/mol. The first-order valence-corrected chi connectivity index (χ1v) is 6.52. The molecule has 4 N–H and O–H groups in total. The van der Waals surface area contributed by atoms with E-state index in [9.17, 15) is 9.59 Å². The van der Waals surface area contributed by atoms with Crippen LogP contribution in [0.3, 0.4) is 0 Å². The Morgan fingerprint density at radius 1 is 1.40 bits per heavy atom. The second-order valence-electron chi connectivity index (χ2n) is 4.80. The van der Waals surface area contributed by atoms with Crippen LogP contribution >= 0.6 is 0 Å². The molecule has 1 fully saturated rings. The molecule has 1 aromatic rings. The number of piperidine rings is 1. The molecule has 2 amide bonds. The van der Waals surface area contributed by atoms with Gasteiger partial charge in [0.25, 0.3) is 0 Å². The molecule has 6 heteroatoms. The quantitative estimate of drug-likeness (QED) is 0.556. The number of amides is 2. The SMILES string of the molecule is CC(=O)N(c1ccc(C(=N)N)cc1)C1CCCNC1=O. The van der Waals surface area contributed by atoms with Gasteiger partial charge < -0.3 is 16.0 Å². The van der Waals surface area contributed by atoms with E-state index in [2.05, 4.69) is 5.32 Å². The maximum Gasteiger partial charge on any atom is 0.243 e.